The van der Waals surface area contributed by atoms with E-state index in [-0.39, 0.29) is 11.9 Å². The van der Waals surface area contributed by atoms with Crippen molar-refractivity contribution in [2.24, 2.45) is 0 Å². The largest absolute Gasteiger partial charge is 0.381 e. The van der Waals surface area contributed by atoms with Crippen LogP contribution in [-0.2, 0) is 4.79 Å². The molecule has 0 aromatic carbocycles. The Morgan fingerprint density at radius 3 is 3.12 bits per heavy atom. The molecule has 0 aliphatic carbocycles. The van der Waals surface area contributed by atoms with E-state index in [1.165, 1.54) is 0 Å². The normalized spacial score (nSPS) is 21.1. The second-order valence-corrected chi connectivity index (χ2v) is 4.23. The first kappa shape index (κ1) is 10.9. The molecule has 86 valence electrons. The average Bonchev–Trinajstić information content (AvgIpc) is 2.46. The number of carbonyl (C=O) groups is 1. The van der Waals surface area contributed by atoms with E-state index >= 15 is 0 Å². The summed E-state index contributed by atoms with van der Waals surface area (Å²) in [6.07, 6.45) is 4.42. The number of hydrogen-bond donors (Lipinski definition) is 2. The molecule has 2 rings (SSSR count). The molecule has 2 heterocycles. The second kappa shape index (κ2) is 4.96. The van der Waals surface area contributed by atoms with E-state index in [0.29, 0.717) is 6.42 Å². The number of pyridine rings is 1. The first-order valence-corrected chi connectivity index (χ1v) is 5.70. The van der Waals surface area contributed by atoms with Gasteiger partial charge in [0.05, 0.1) is 11.9 Å². The van der Waals surface area contributed by atoms with Crippen LogP contribution in [0.1, 0.15) is 25.0 Å². The number of nitrogens with one attached hydrogen (secondary N) is 2. The molecule has 1 aliphatic heterocycles. The van der Waals surface area contributed by atoms with Gasteiger partial charge in [-0.2, -0.15) is 0 Å². The zero-order valence-electron chi connectivity index (χ0n) is 9.49. The van der Waals surface area contributed by atoms with Crippen LogP contribution >= 0.6 is 0 Å². The maximum absolute atomic E-state index is 11.4. The van der Waals surface area contributed by atoms with E-state index in [4.69, 9.17) is 0 Å². The van der Waals surface area contributed by atoms with Gasteiger partial charge in [0.1, 0.15) is 0 Å². The van der Waals surface area contributed by atoms with Crippen molar-refractivity contribution >= 4 is 11.6 Å². The second-order valence-electron chi connectivity index (χ2n) is 4.23. The summed E-state index contributed by atoms with van der Waals surface area (Å²) < 4.78 is 0. The minimum Gasteiger partial charge on any atom is -0.381 e. The van der Waals surface area contributed by atoms with E-state index in [0.717, 1.165) is 30.8 Å². The number of rotatable bonds is 2. The van der Waals surface area contributed by atoms with Gasteiger partial charge < -0.3 is 10.6 Å². The smallest absolute Gasteiger partial charge is 0.222 e. The van der Waals surface area contributed by atoms with Gasteiger partial charge >= 0.3 is 0 Å². The Balaban J connectivity index is 1.97. The summed E-state index contributed by atoms with van der Waals surface area (Å²) in [6.45, 7) is 2.76. The molecule has 0 spiro atoms. The molecule has 1 aromatic rings. The maximum atomic E-state index is 11.4. The first-order chi connectivity index (χ1) is 7.74. The number of anilines is 1. The molecule has 1 atom stereocenters. The van der Waals surface area contributed by atoms with Crippen LogP contribution in [-0.4, -0.2) is 23.5 Å². The predicted molar refractivity (Wildman–Crippen MR) is 63.2 cm³/mol. The van der Waals surface area contributed by atoms with Gasteiger partial charge in [-0.05, 0) is 31.9 Å². The molecule has 1 saturated heterocycles. The van der Waals surface area contributed by atoms with Crippen LogP contribution in [0.2, 0.25) is 0 Å². The average molecular weight is 219 g/mol. The van der Waals surface area contributed by atoms with Crippen LogP contribution in [0.3, 0.4) is 0 Å². The molecule has 2 N–H and O–H groups in total. The number of aryl methyl sites for hydroxylation is 1. The van der Waals surface area contributed by atoms with Gasteiger partial charge in [0.2, 0.25) is 5.91 Å². The summed E-state index contributed by atoms with van der Waals surface area (Å²) in [4.78, 5) is 15.6. The molecule has 4 heteroatoms. The molecular formula is C12H17N3O. The van der Waals surface area contributed by atoms with Crippen LogP contribution < -0.4 is 10.6 Å². The lowest BCUT2D eigenvalue weighted by Gasteiger charge is -2.16. The minimum atomic E-state index is 0.134. The van der Waals surface area contributed by atoms with Gasteiger partial charge in [0.15, 0.2) is 0 Å². The zero-order valence-corrected chi connectivity index (χ0v) is 9.49. The fraction of sp³-hybridized carbons (Fsp3) is 0.500. The number of aromatic nitrogens is 1. The zero-order chi connectivity index (χ0) is 11.4. The number of hydrogen-bond acceptors (Lipinski definition) is 3. The Morgan fingerprint density at radius 2 is 2.38 bits per heavy atom. The van der Waals surface area contributed by atoms with Crippen LogP contribution in [0.5, 0.6) is 0 Å². The maximum Gasteiger partial charge on any atom is 0.222 e. The van der Waals surface area contributed by atoms with E-state index in [1.54, 1.807) is 0 Å². The van der Waals surface area contributed by atoms with Crippen LogP contribution in [0.4, 0.5) is 5.69 Å². The Bertz CT molecular complexity index is 361. The van der Waals surface area contributed by atoms with Crippen molar-refractivity contribution in [1.82, 2.24) is 10.3 Å². The third-order valence-corrected chi connectivity index (χ3v) is 2.77. The summed E-state index contributed by atoms with van der Waals surface area (Å²) in [6, 6.07) is 4.21. The summed E-state index contributed by atoms with van der Waals surface area (Å²) in [5.74, 6) is 0.134. The third-order valence-electron chi connectivity index (χ3n) is 2.77. The highest BCUT2D eigenvalue weighted by Gasteiger charge is 2.16. The molecule has 0 saturated carbocycles. The lowest BCUT2D eigenvalue weighted by molar-refractivity contribution is -0.120. The molecule has 1 fully saturated rings. The molecule has 0 radical (unpaired) electrons. The van der Waals surface area contributed by atoms with Gasteiger partial charge in [-0.3, -0.25) is 9.78 Å². The summed E-state index contributed by atoms with van der Waals surface area (Å²) in [5.41, 5.74) is 1.99. The highest BCUT2D eigenvalue weighted by atomic mass is 16.1. The Morgan fingerprint density at radius 1 is 1.50 bits per heavy atom. The van der Waals surface area contributed by atoms with Crippen molar-refractivity contribution in [2.45, 2.75) is 32.2 Å². The lowest BCUT2D eigenvalue weighted by atomic mass is 10.1. The van der Waals surface area contributed by atoms with E-state index in [9.17, 15) is 4.79 Å². The number of amides is 1. The highest BCUT2D eigenvalue weighted by Crippen LogP contribution is 2.14. The number of nitrogens with zero attached hydrogens (tertiary/aromatic N) is 1. The Kier molecular flexibility index (Phi) is 3.39. The van der Waals surface area contributed by atoms with Crippen LogP contribution in [0, 0.1) is 6.92 Å². The summed E-state index contributed by atoms with van der Waals surface area (Å²) >= 11 is 0. The summed E-state index contributed by atoms with van der Waals surface area (Å²) in [7, 11) is 0. The molecule has 1 amide bonds. The standard InChI is InChI=1S/C12H17N3O/c1-9-4-5-11(8-14-9)15-10-3-2-6-13-12(16)7-10/h4-5,8,10,15H,2-3,6-7H2,1H3,(H,13,16). The fourth-order valence-electron chi connectivity index (χ4n) is 1.89. The van der Waals surface area contributed by atoms with Crippen molar-refractivity contribution < 1.29 is 4.79 Å². The van der Waals surface area contributed by atoms with Crippen molar-refractivity contribution in [1.29, 1.82) is 0 Å². The van der Waals surface area contributed by atoms with Crippen molar-refractivity contribution in [3.63, 3.8) is 0 Å². The summed E-state index contributed by atoms with van der Waals surface area (Å²) in [5, 5.41) is 6.23. The Labute approximate surface area is 95.5 Å². The third kappa shape index (κ3) is 2.95. The monoisotopic (exact) mass is 219 g/mol. The van der Waals surface area contributed by atoms with Gasteiger partial charge in [0, 0.05) is 24.7 Å². The van der Waals surface area contributed by atoms with Gasteiger partial charge in [-0.25, -0.2) is 0 Å². The van der Waals surface area contributed by atoms with E-state index < -0.39 is 0 Å². The topological polar surface area (TPSA) is 54.0 Å². The quantitative estimate of drug-likeness (QED) is 0.792. The van der Waals surface area contributed by atoms with Gasteiger partial charge in [-0.1, -0.05) is 0 Å². The Hall–Kier alpha value is -1.58. The van der Waals surface area contributed by atoms with Gasteiger partial charge in [-0.15, -0.1) is 0 Å². The van der Waals surface area contributed by atoms with E-state index in [2.05, 4.69) is 15.6 Å². The molecular weight excluding hydrogens is 202 g/mol. The SMILES string of the molecule is Cc1ccc(NC2CCCNC(=O)C2)cn1. The molecule has 1 aliphatic rings. The fourth-order valence-corrected chi connectivity index (χ4v) is 1.89. The molecule has 1 unspecified atom stereocenters. The van der Waals surface area contributed by atoms with Crippen molar-refractivity contribution in [2.75, 3.05) is 11.9 Å². The lowest BCUT2D eigenvalue weighted by Crippen LogP contribution is -2.26. The van der Waals surface area contributed by atoms with E-state index in [1.807, 2.05) is 25.3 Å². The first-order valence-electron chi connectivity index (χ1n) is 5.70. The molecule has 1 aromatic heterocycles. The van der Waals surface area contributed by atoms with Crippen LogP contribution in [0.15, 0.2) is 18.3 Å². The highest BCUT2D eigenvalue weighted by molar-refractivity contribution is 5.77. The molecule has 0 bridgehead atoms. The van der Waals surface area contributed by atoms with Crippen LogP contribution in [0.25, 0.3) is 0 Å². The van der Waals surface area contributed by atoms with Crippen molar-refractivity contribution in [3.8, 4) is 0 Å². The predicted octanol–water partition coefficient (Wildman–Crippen LogP) is 1.47. The molecule has 4 nitrogen and oxygen atoms in total. The van der Waals surface area contributed by atoms with Gasteiger partial charge in [0.25, 0.3) is 0 Å². The molecule has 16 heavy (non-hydrogen) atoms. The minimum absolute atomic E-state index is 0.134. The number of carbonyl (C=O) groups excluding carboxylic acids is 1. The van der Waals surface area contributed by atoms with Crippen molar-refractivity contribution in [3.05, 3.63) is 24.0 Å².